The zero-order valence-electron chi connectivity index (χ0n) is 12.3. The molecule has 0 atom stereocenters. The number of hydrogen-bond donors (Lipinski definition) is 1. The fourth-order valence-corrected chi connectivity index (χ4v) is 2.04. The van der Waals surface area contributed by atoms with Crippen LogP contribution in [0.3, 0.4) is 0 Å². The van der Waals surface area contributed by atoms with Crippen LogP contribution in [0.2, 0.25) is 0 Å². The van der Waals surface area contributed by atoms with Crippen molar-refractivity contribution in [1.29, 1.82) is 0 Å². The van der Waals surface area contributed by atoms with E-state index in [2.05, 4.69) is 15.5 Å². The van der Waals surface area contributed by atoms with Crippen molar-refractivity contribution in [3.63, 3.8) is 0 Å². The summed E-state index contributed by atoms with van der Waals surface area (Å²) >= 11 is 0. The summed E-state index contributed by atoms with van der Waals surface area (Å²) in [5.74, 6) is 1.76. The molecule has 0 bridgehead atoms. The van der Waals surface area contributed by atoms with Crippen molar-refractivity contribution >= 4 is 11.6 Å². The van der Waals surface area contributed by atoms with Gasteiger partial charge in [-0.25, -0.2) is 0 Å². The third-order valence-electron chi connectivity index (χ3n) is 3.14. The number of aryl methyl sites for hydroxylation is 2. The topological polar surface area (TPSA) is 81.2 Å². The molecule has 0 spiro atoms. The van der Waals surface area contributed by atoms with Gasteiger partial charge >= 0.3 is 0 Å². The third kappa shape index (κ3) is 2.90. The van der Waals surface area contributed by atoms with Crippen LogP contribution in [-0.4, -0.2) is 16.0 Å². The summed E-state index contributed by atoms with van der Waals surface area (Å²) in [6.45, 7) is 3.70. The molecule has 6 nitrogen and oxygen atoms in total. The molecule has 1 N–H and O–H groups in total. The molecule has 0 unspecified atom stereocenters. The van der Waals surface area contributed by atoms with Gasteiger partial charge in [0.1, 0.15) is 5.76 Å². The number of furan rings is 1. The molecule has 112 valence electrons. The van der Waals surface area contributed by atoms with Crippen LogP contribution in [0.25, 0.3) is 11.4 Å². The van der Waals surface area contributed by atoms with Crippen LogP contribution in [0.4, 0.5) is 5.69 Å². The van der Waals surface area contributed by atoms with Gasteiger partial charge in [-0.1, -0.05) is 24.2 Å². The third-order valence-corrected chi connectivity index (χ3v) is 3.14. The maximum Gasteiger partial charge on any atom is 0.291 e. The number of carbonyl (C=O) groups excluding carboxylic acids is 1. The first-order chi connectivity index (χ1) is 10.7. The maximum absolute atomic E-state index is 12.1. The van der Waals surface area contributed by atoms with E-state index in [-0.39, 0.29) is 11.7 Å². The lowest BCUT2D eigenvalue weighted by atomic mass is 10.2. The summed E-state index contributed by atoms with van der Waals surface area (Å²) in [6.07, 6.45) is 0.750. The van der Waals surface area contributed by atoms with Gasteiger partial charge in [0.2, 0.25) is 11.7 Å². The smallest absolute Gasteiger partial charge is 0.291 e. The lowest BCUT2D eigenvalue weighted by Crippen LogP contribution is -2.10. The van der Waals surface area contributed by atoms with E-state index in [0.29, 0.717) is 17.4 Å². The molecule has 0 aliphatic heterocycles. The summed E-state index contributed by atoms with van der Waals surface area (Å²) in [7, 11) is 0. The molecule has 3 rings (SSSR count). The van der Waals surface area contributed by atoms with Gasteiger partial charge in [0.15, 0.2) is 5.76 Å². The maximum atomic E-state index is 12.1. The molecular weight excluding hydrogens is 282 g/mol. The molecule has 0 aliphatic rings. The summed E-state index contributed by atoms with van der Waals surface area (Å²) in [5.41, 5.74) is 1.41. The standard InChI is InChI=1S/C16H15N3O3/c1-3-13-7-8-14(21-13)16(20)18-12-6-4-5-11(9-12)15-17-10(2)22-19-15/h4-9H,3H2,1-2H3,(H,18,20). The molecular formula is C16H15N3O3. The van der Waals surface area contributed by atoms with Gasteiger partial charge in [-0.15, -0.1) is 0 Å². The number of rotatable bonds is 4. The molecule has 0 aliphatic carbocycles. The Morgan fingerprint density at radius 3 is 2.82 bits per heavy atom. The Labute approximate surface area is 127 Å². The van der Waals surface area contributed by atoms with Gasteiger partial charge in [0, 0.05) is 24.6 Å². The number of hydrogen-bond acceptors (Lipinski definition) is 5. The Kier molecular flexibility index (Phi) is 3.74. The second kappa shape index (κ2) is 5.85. The quantitative estimate of drug-likeness (QED) is 0.797. The number of anilines is 1. The van der Waals surface area contributed by atoms with E-state index in [9.17, 15) is 4.79 Å². The van der Waals surface area contributed by atoms with Gasteiger partial charge in [-0.3, -0.25) is 4.79 Å². The van der Waals surface area contributed by atoms with Crippen LogP contribution >= 0.6 is 0 Å². The first-order valence-electron chi connectivity index (χ1n) is 6.96. The molecule has 2 heterocycles. The first kappa shape index (κ1) is 14.1. The van der Waals surface area contributed by atoms with Crippen molar-refractivity contribution in [2.45, 2.75) is 20.3 Å². The number of aromatic nitrogens is 2. The molecule has 3 aromatic rings. The minimum Gasteiger partial charge on any atom is -0.456 e. The number of nitrogens with zero attached hydrogens (tertiary/aromatic N) is 2. The van der Waals surface area contributed by atoms with E-state index in [1.165, 1.54) is 0 Å². The van der Waals surface area contributed by atoms with Crippen LogP contribution in [0.5, 0.6) is 0 Å². The lowest BCUT2D eigenvalue weighted by molar-refractivity contribution is 0.0995. The Morgan fingerprint density at radius 2 is 2.14 bits per heavy atom. The van der Waals surface area contributed by atoms with Gasteiger partial charge < -0.3 is 14.3 Å². The Bertz CT molecular complexity index is 804. The second-order valence-electron chi connectivity index (χ2n) is 4.79. The van der Waals surface area contributed by atoms with Crippen molar-refractivity contribution in [3.8, 4) is 11.4 Å². The number of amides is 1. The van der Waals surface area contributed by atoms with Crippen molar-refractivity contribution < 1.29 is 13.7 Å². The van der Waals surface area contributed by atoms with E-state index >= 15 is 0 Å². The predicted octanol–water partition coefficient (Wildman–Crippen LogP) is 3.45. The number of benzene rings is 1. The SMILES string of the molecule is CCc1ccc(C(=O)Nc2cccc(-c3noc(C)n3)c2)o1. The monoisotopic (exact) mass is 297 g/mol. The molecule has 0 saturated carbocycles. The Balaban J connectivity index is 1.79. The number of carbonyl (C=O) groups is 1. The van der Waals surface area contributed by atoms with Crippen LogP contribution in [0, 0.1) is 6.92 Å². The van der Waals surface area contributed by atoms with Gasteiger partial charge in [-0.2, -0.15) is 4.98 Å². The second-order valence-corrected chi connectivity index (χ2v) is 4.79. The molecule has 22 heavy (non-hydrogen) atoms. The Morgan fingerprint density at radius 1 is 1.27 bits per heavy atom. The average molecular weight is 297 g/mol. The Hall–Kier alpha value is -2.89. The largest absolute Gasteiger partial charge is 0.456 e. The van der Waals surface area contributed by atoms with E-state index in [1.807, 2.05) is 19.1 Å². The van der Waals surface area contributed by atoms with Crippen molar-refractivity contribution in [2.75, 3.05) is 5.32 Å². The fraction of sp³-hybridized carbons (Fsp3) is 0.188. The molecule has 0 saturated heterocycles. The highest BCUT2D eigenvalue weighted by atomic mass is 16.5. The molecule has 2 aromatic heterocycles. The van der Waals surface area contributed by atoms with Crippen molar-refractivity contribution in [1.82, 2.24) is 10.1 Å². The first-order valence-corrected chi connectivity index (χ1v) is 6.96. The summed E-state index contributed by atoms with van der Waals surface area (Å²) in [4.78, 5) is 16.3. The summed E-state index contributed by atoms with van der Waals surface area (Å²) < 4.78 is 10.4. The fourth-order valence-electron chi connectivity index (χ4n) is 2.04. The lowest BCUT2D eigenvalue weighted by Gasteiger charge is -2.04. The zero-order valence-corrected chi connectivity index (χ0v) is 12.3. The summed E-state index contributed by atoms with van der Waals surface area (Å²) in [5, 5.41) is 6.66. The minimum atomic E-state index is -0.291. The van der Waals surface area contributed by atoms with Gasteiger partial charge in [-0.05, 0) is 24.3 Å². The molecule has 0 radical (unpaired) electrons. The average Bonchev–Trinajstić information content (AvgIpc) is 3.16. The van der Waals surface area contributed by atoms with E-state index in [0.717, 1.165) is 17.7 Å². The predicted molar refractivity (Wildman–Crippen MR) is 80.5 cm³/mol. The normalized spacial score (nSPS) is 10.6. The molecule has 0 fully saturated rings. The van der Waals surface area contributed by atoms with Crippen LogP contribution in [0.15, 0.2) is 45.3 Å². The molecule has 6 heteroatoms. The highest BCUT2D eigenvalue weighted by molar-refractivity contribution is 6.02. The van der Waals surface area contributed by atoms with Gasteiger partial charge in [0.25, 0.3) is 5.91 Å². The zero-order chi connectivity index (χ0) is 15.5. The molecule has 1 aromatic carbocycles. The van der Waals surface area contributed by atoms with Crippen molar-refractivity contribution in [2.24, 2.45) is 0 Å². The minimum absolute atomic E-state index is 0.289. The summed E-state index contributed by atoms with van der Waals surface area (Å²) in [6, 6.07) is 10.7. The van der Waals surface area contributed by atoms with E-state index < -0.39 is 0 Å². The van der Waals surface area contributed by atoms with E-state index in [1.54, 1.807) is 31.2 Å². The van der Waals surface area contributed by atoms with Gasteiger partial charge in [0.05, 0.1) is 0 Å². The highest BCUT2D eigenvalue weighted by Crippen LogP contribution is 2.20. The highest BCUT2D eigenvalue weighted by Gasteiger charge is 2.12. The van der Waals surface area contributed by atoms with Crippen LogP contribution in [0.1, 0.15) is 29.1 Å². The number of nitrogens with one attached hydrogen (secondary N) is 1. The van der Waals surface area contributed by atoms with E-state index in [4.69, 9.17) is 8.94 Å². The molecule has 1 amide bonds. The van der Waals surface area contributed by atoms with Crippen molar-refractivity contribution in [3.05, 3.63) is 53.8 Å². The van der Waals surface area contributed by atoms with Crippen LogP contribution in [-0.2, 0) is 6.42 Å². The van der Waals surface area contributed by atoms with Crippen LogP contribution < -0.4 is 5.32 Å².